The molecule has 1 aromatic carbocycles. The smallest absolute Gasteiger partial charge is 0.229 e. The predicted octanol–water partition coefficient (Wildman–Crippen LogP) is 3.34. The molecule has 0 radical (unpaired) electrons. The van der Waals surface area contributed by atoms with Crippen molar-refractivity contribution in [3.8, 4) is 0 Å². The first-order valence-corrected chi connectivity index (χ1v) is 13.2. The van der Waals surface area contributed by atoms with Gasteiger partial charge in [-0.05, 0) is 62.6 Å². The van der Waals surface area contributed by atoms with Crippen LogP contribution in [0.2, 0.25) is 0 Å². The van der Waals surface area contributed by atoms with Crippen molar-refractivity contribution in [1.82, 2.24) is 20.0 Å². The van der Waals surface area contributed by atoms with Gasteiger partial charge in [0.1, 0.15) is 0 Å². The summed E-state index contributed by atoms with van der Waals surface area (Å²) < 4.78 is 0. The minimum absolute atomic E-state index is 0.000844. The second-order valence-electron chi connectivity index (χ2n) is 11.0. The zero-order valence-electron chi connectivity index (χ0n) is 19.7. The van der Waals surface area contributed by atoms with Crippen molar-refractivity contribution in [1.29, 1.82) is 0 Å². The number of carbonyl (C=O) groups is 2. The normalized spacial score (nSPS) is 33.6. The van der Waals surface area contributed by atoms with Gasteiger partial charge in [-0.25, -0.2) is 0 Å². The highest BCUT2D eigenvalue weighted by Crippen LogP contribution is 2.45. The van der Waals surface area contributed by atoms with Crippen LogP contribution in [-0.2, 0) is 9.59 Å². The number of para-hydroxylation sites is 1. The molecule has 2 amide bonds. The summed E-state index contributed by atoms with van der Waals surface area (Å²) in [6, 6.07) is 8.80. The predicted molar refractivity (Wildman–Crippen MR) is 130 cm³/mol. The molecule has 0 unspecified atom stereocenters. The highest BCUT2D eigenvalue weighted by molar-refractivity contribution is 6.05. The zero-order valence-corrected chi connectivity index (χ0v) is 19.7. The second kappa shape index (κ2) is 7.94. The number of H-pyrrole nitrogens is 1. The molecule has 4 saturated heterocycles. The van der Waals surface area contributed by atoms with Crippen LogP contribution in [0.5, 0.6) is 0 Å². The van der Waals surface area contributed by atoms with E-state index >= 15 is 0 Å². The van der Waals surface area contributed by atoms with E-state index in [1.165, 1.54) is 37.8 Å². The molecule has 0 spiro atoms. The minimum Gasteiger partial charge on any atom is -0.335 e. The molecule has 178 valence electrons. The number of piperidine rings is 3. The van der Waals surface area contributed by atoms with Gasteiger partial charge in [-0.2, -0.15) is 5.10 Å². The number of rotatable bonds is 2. The van der Waals surface area contributed by atoms with Gasteiger partial charge in [-0.3, -0.25) is 24.5 Å². The summed E-state index contributed by atoms with van der Waals surface area (Å²) in [5.41, 5.74) is 2.42. The van der Waals surface area contributed by atoms with E-state index < -0.39 is 0 Å². The number of nitrogens with zero attached hydrogens (tertiary/aromatic N) is 4. The van der Waals surface area contributed by atoms with Gasteiger partial charge in [0.2, 0.25) is 11.8 Å². The van der Waals surface area contributed by atoms with Gasteiger partial charge in [0.25, 0.3) is 0 Å². The van der Waals surface area contributed by atoms with Gasteiger partial charge < -0.3 is 4.90 Å². The molecule has 1 N–H and O–H groups in total. The largest absolute Gasteiger partial charge is 0.335 e. The Kier molecular flexibility index (Phi) is 4.83. The van der Waals surface area contributed by atoms with E-state index in [4.69, 9.17) is 0 Å². The van der Waals surface area contributed by atoms with Gasteiger partial charge in [0.15, 0.2) is 5.82 Å². The lowest BCUT2D eigenvalue weighted by molar-refractivity contribution is -0.140. The maximum Gasteiger partial charge on any atom is 0.229 e. The fourth-order valence-corrected chi connectivity index (χ4v) is 7.69. The van der Waals surface area contributed by atoms with Crippen LogP contribution in [0.3, 0.4) is 0 Å². The Bertz CT molecular complexity index is 1170. The van der Waals surface area contributed by atoms with Crippen molar-refractivity contribution in [2.75, 3.05) is 31.1 Å². The SMILES string of the molecule is O=C1C[C@H](C(=O)N2CCCC3=C[C@H]4C[C@@H](CN5CCCC[C@@H]45)[C@H]32)CN1c1n[nH]c2ccccc12. The molecule has 7 nitrogen and oxygen atoms in total. The molecule has 4 fully saturated rings. The number of hydrogen-bond acceptors (Lipinski definition) is 4. The molecule has 34 heavy (non-hydrogen) atoms. The third kappa shape index (κ3) is 3.16. The zero-order chi connectivity index (χ0) is 22.8. The fraction of sp³-hybridized carbons (Fsp3) is 0.593. The molecule has 5 atom stereocenters. The van der Waals surface area contributed by atoms with Crippen LogP contribution in [0.25, 0.3) is 10.9 Å². The number of nitrogens with one attached hydrogen (secondary N) is 1. The number of hydrogen-bond donors (Lipinski definition) is 1. The fourth-order valence-electron chi connectivity index (χ4n) is 7.69. The summed E-state index contributed by atoms with van der Waals surface area (Å²) in [6.07, 6.45) is 10.2. The topological polar surface area (TPSA) is 72.5 Å². The Balaban J connectivity index is 1.14. The van der Waals surface area contributed by atoms with Gasteiger partial charge in [-0.15, -0.1) is 0 Å². The number of carbonyl (C=O) groups excluding carboxylic acids is 2. The van der Waals surface area contributed by atoms with Crippen LogP contribution in [0.15, 0.2) is 35.9 Å². The standard InChI is InChI=1S/C27H33N5O2/c33-24-14-20(16-32(24)26-21-7-1-2-8-22(21)28-29-26)27(34)31-11-5-6-17-12-18-13-19(25(17)31)15-30-10-4-3-9-23(18)30/h1-2,7-8,12,18-20,23,25H,3-6,9-11,13-16H2,(H,28,29)/t18-,19-,20-,23-,25-/m0/s1. The van der Waals surface area contributed by atoms with E-state index in [2.05, 4.69) is 26.1 Å². The summed E-state index contributed by atoms with van der Waals surface area (Å²) in [5.74, 6) is 1.74. The van der Waals surface area contributed by atoms with Crippen molar-refractivity contribution in [2.24, 2.45) is 17.8 Å². The van der Waals surface area contributed by atoms with Crippen molar-refractivity contribution >= 4 is 28.5 Å². The van der Waals surface area contributed by atoms with Crippen LogP contribution < -0.4 is 4.90 Å². The molecule has 0 saturated carbocycles. The lowest BCUT2D eigenvalue weighted by Crippen LogP contribution is -2.60. The summed E-state index contributed by atoms with van der Waals surface area (Å²) in [7, 11) is 0. The molecule has 1 aliphatic carbocycles. The van der Waals surface area contributed by atoms with Crippen molar-refractivity contribution < 1.29 is 9.59 Å². The molecule has 4 aliphatic heterocycles. The van der Waals surface area contributed by atoms with Crippen molar-refractivity contribution in [3.05, 3.63) is 35.9 Å². The third-order valence-corrected chi connectivity index (χ3v) is 9.12. The van der Waals surface area contributed by atoms with Crippen LogP contribution >= 0.6 is 0 Å². The molecule has 7 rings (SSSR count). The molecule has 1 aromatic heterocycles. The maximum atomic E-state index is 13.9. The van der Waals surface area contributed by atoms with Gasteiger partial charge in [0, 0.05) is 37.5 Å². The van der Waals surface area contributed by atoms with E-state index in [-0.39, 0.29) is 30.2 Å². The molecule has 2 bridgehead atoms. The van der Waals surface area contributed by atoms with Crippen molar-refractivity contribution in [3.63, 3.8) is 0 Å². The molecular formula is C27H33N5O2. The van der Waals surface area contributed by atoms with Gasteiger partial charge >= 0.3 is 0 Å². The Morgan fingerprint density at radius 2 is 2.00 bits per heavy atom. The lowest BCUT2D eigenvalue weighted by atomic mass is 9.68. The molecular weight excluding hydrogens is 426 g/mol. The van der Waals surface area contributed by atoms with E-state index in [0.717, 1.165) is 36.8 Å². The number of amides is 2. The summed E-state index contributed by atoms with van der Waals surface area (Å²) >= 11 is 0. The lowest BCUT2D eigenvalue weighted by Gasteiger charge is -2.55. The summed E-state index contributed by atoms with van der Waals surface area (Å²) in [4.78, 5) is 33.5. The average Bonchev–Trinajstić information content (AvgIpc) is 3.46. The summed E-state index contributed by atoms with van der Waals surface area (Å²) in [5, 5.41) is 8.38. The second-order valence-corrected chi connectivity index (χ2v) is 11.0. The molecule has 7 heteroatoms. The number of aromatic amines is 1. The first-order chi connectivity index (χ1) is 16.7. The first-order valence-electron chi connectivity index (χ1n) is 13.2. The number of aromatic nitrogens is 2. The van der Waals surface area contributed by atoms with Crippen LogP contribution in [0, 0.1) is 17.8 Å². The molecule has 2 aromatic rings. The number of anilines is 1. The van der Waals surface area contributed by atoms with E-state index in [1.807, 2.05) is 24.3 Å². The van der Waals surface area contributed by atoms with E-state index in [1.54, 1.807) is 4.90 Å². The number of benzene rings is 1. The van der Waals surface area contributed by atoms with Crippen molar-refractivity contribution in [2.45, 2.75) is 57.0 Å². The molecule has 5 heterocycles. The number of fused-ring (bicyclic) bond motifs is 7. The van der Waals surface area contributed by atoms with E-state index in [0.29, 0.717) is 30.2 Å². The third-order valence-electron chi connectivity index (χ3n) is 9.12. The minimum atomic E-state index is -0.286. The van der Waals surface area contributed by atoms with Crippen LogP contribution in [0.4, 0.5) is 5.82 Å². The Morgan fingerprint density at radius 1 is 1.09 bits per heavy atom. The number of likely N-dealkylation sites (tertiary alicyclic amines) is 1. The van der Waals surface area contributed by atoms with Gasteiger partial charge in [0.05, 0.1) is 17.5 Å². The first kappa shape index (κ1) is 20.7. The highest BCUT2D eigenvalue weighted by atomic mass is 16.2. The van der Waals surface area contributed by atoms with Crippen LogP contribution in [0.1, 0.15) is 44.9 Å². The Hall–Kier alpha value is -2.67. The van der Waals surface area contributed by atoms with Gasteiger partial charge in [-0.1, -0.05) is 30.2 Å². The average molecular weight is 460 g/mol. The van der Waals surface area contributed by atoms with Crippen LogP contribution in [-0.4, -0.2) is 70.1 Å². The maximum absolute atomic E-state index is 13.9. The molecule has 5 aliphatic rings. The summed E-state index contributed by atoms with van der Waals surface area (Å²) in [6.45, 7) is 3.59. The quantitative estimate of drug-likeness (QED) is 0.700. The highest BCUT2D eigenvalue weighted by Gasteiger charge is 2.48. The Labute approximate surface area is 200 Å². The monoisotopic (exact) mass is 459 g/mol. The van der Waals surface area contributed by atoms with E-state index in [9.17, 15) is 9.59 Å². The Morgan fingerprint density at radius 3 is 2.94 bits per heavy atom.